The minimum atomic E-state index is -0.814. The second-order valence-electron chi connectivity index (χ2n) is 5.90. The quantitative estimate of drug-likeness (QED) is 0.249. The van der Waals surface area contributed by atoms with Crippen LogP contribution in [-0.4, -0.2) is 38.4 Å². The molecule has 0 rings (SSSR count). The fourth-order valence-electron chi connectivity index (χ4n) is 2.05. The molecule has 0 saturated carbocycles. The zero-order valence-corrected chi connectivity index (χ0v) is 18.4. The lowest BCUT2D eigenvalue weighted by Crippen LogP contribution is -2.46. The van der Waals surface area contributed by atoms with E-state index in [2.05, 4.69) is 15.9 Å². The maximum absolute atomic E-state index is 11.3. The summed E-state index contributed by atoms with van der Waals surface area (Å²) in [5, 5.41) is 18.7. The second kappa shape index (κ2) is 18.0. The highest BCUT2D eigenvalue weighted by molar-refractivity contribution is 9.10. The van der Waals surface area contributed by atoms with Crippen LogP contribution in [0.25, 0.3) is 0 Å². The summed E-state index contributed by atoms with van der Waals surface area (Å²) in [6.07, 6.45) is 7.05. The largest absolute Gasteiger partial charge is 0.481 e. The number of halogens is 2. The van der Waals surface area contributed by atoms with Crippen LogP contribution in [0.15, 0.2) is 0 Å². The summed E-state index contributed by atoms with van der Waals surface area (Å²) >= 11 is 3.26. The van der Waals surface area contributed by atoms with E-state index in [9.17, 15) is 19.2 Å². The molecule has 0 radical (unpaired) electrons. The summed E-state index contributed by atoms with van der Waals surface area (Å²) in [4.78, 5) is 41.9. The molecule has 0 aromatic carbocycles. The van der Waals surface area contributed by atoms with Gasteiger partial charge in [0.05, 0.1) is 0 Å². The number of primary amides is 1. The Labute approximate surface area is 175 Å². The molecule has 160 valence electrons. The van der Waals surface area contributed by atoms with Crippen LogP contribution in [0.1, 0.15) is 78.1 Å². The van der Waals surface area contributed by atoms with Gasteiger partial charge in [0.2, 0.25) is 5.91 Å². The SMILES string of the molecule is CCC(Br)(CC)C(=O)NC(N)=O.Cl.O=C(O)CCCCCCCCC(=O)O. The molecule has 0 aliphatic heterocycles. The molecule has 27 heavy (non-hydrogen) atoms. The van der Waals surface area contributed by atoms with Crippen LogP contribution < -0.4 is 11.1 Å². The highest BCUT2D eigenvalue weighted by Gasteiger charge is 2.32. The van der Waals surface area contributed by atoms with Gasteiger partial charge >= 0.3 is 18.0 Å². The fraction of sp³-hybridized carbons (Fsp3) is 0.765. The first kappa shape index (κ1) is 30.4. The first-order chi connectivity index (χ1) is 12.1. The van der Waals surface area contributed by atoms with Crippen LogP contribution in [0.3, 0.4) is 0 Å². The molecule has 0 aliphatic rings. The Balaban J connectivity index is -0.000000416. The van der Waals surface area contributed by atoms with Gasteiger partial charge in [-0.3, -0.25) is 19.7 Å². The molecule has 5 N–H and O–H groups in total. The number of unbranched alkanes of at least 4 members (excludes halogenated alkanes) is 5. The van der Waals surface area contributed by atoms with Crippen LogP contribution in [0.4, 0.5) is 4.79 Å². The molecular weight excluding hydrogens is 444 g/mol. The summed E-state index contributed by atoms with van der Waals surface area (Å²) in [5.41, 5.74) is 4.81. The zero-order chi connectivity index (χ0) is 20.6. The minimum absolute atomic E-state index is 0. The van der Waals surface area contributed by atoms with Crippen molar-refractivity contribution in [2.75, 3.05) is 0 Å². The number of aliphatic carboxylic acids is 2. The lowest BCUT2D eigenvalue weighted by Gasteiger charge is -2.21. The molecule has 0 atom stereocenters. The monoisotopic (exact) mass is 474 g/mol. The molecule has 0 bridgehead atoms. The highest BCUT2D eigenvalue weighted by Crippen LogP contribution is 2.26. The van der Waals surface area contributed by atoms with Crippen LogP contribution >= 0.6 is 28.3 Å². The number of carboxylic acid groups (broad SMARTS) is 2. The van der Waals surface area contributed by atoms with E-state index in [4.69, 9.17) is 15.9 Å². The van der Waals surface area contributed by atoms with E-state index in [0.29, 0.717) is 12.8 Å². The van der Waals surface area contributed by atoms with Crippen molar-refractivity contribution in [3.8, 4) is 0 Å². The third kappa shape index (κ3) is 19.2. The molecule has 0 aromatic heterocycles. The Morgan fingerprint density at radius 2 is 1.19 bits per heavy atom. The molecule has 10 heteroatoms. The van der Waals surface area contributed by atoms with Gasteiger partial charge in [-0.25, -0.2) is 4.79 Å². The van der Waals surface area contributed by atoms with Crippen molar-refractivity contribution in [3.05, 3.63) is 0 Å². The number of amides is 3. The van der Waals surface area contributed by atoms with Gasteiger partial charge in [-0.15, -0.1) is 12.4 Å². The molecule has 0 spiro atoms. The minimum Gasteiger partial charge on any atom is -0.481 e. The van der Waals surface area contributed by atoms with E-state index in [1.165, 1.54) is 0 Å². The van der Waals surface area contributed by atoms with Crippen LogP contribution in [0.2, 0.25) is 0 Å². The Hall–Kier alpha value is -1.35. The summed E-state index contributed by atoms with van der Waals surface area (Å²) < 4.78 is -0.665. The number of urea groups is 1. The highest BCUT2D eigenvalue weighted by atomic mass is 79.9. The van der Waals surface area contributed by atoms with Gasteiger partial charge in [0, 0.05) is 12.8 Å². The second-order valence-corrected chi connectivity index (χ2v) is 7.42. The number of alkyl halides is 1. The predicted octanol–water partition coefficient (Wildman–Crippen LogP) is 3.83. The van der Waals surface area contributed by atoms with Crippen LogP contribution in [0.5, 0.6) is 0 Å². The lowest BCUT2D eigenvalue weighted by atomic mass is 10.0. The van der Waals surface area contributed by atoms with Crippen molar-refractivity contribution < 1.29 is 29.4 Å². The van der Waals surface area contributed by atoms with Crippen molar-refractivity contribution >= 4 is 52.2 Å². The van der Waals surface area contributed by atoms with Gasteiger partial charge in [0.1, 0.15) is 4.32 Å². The Morgan fingerprint density at radius 3 is 1.44 bits per heavy atom. The van der Waals surface area contributed by atoms with Crippen molar-refractivity contribution in [2.45, 2.75) is 82.4 Å². The first-order valence-corrected chi connectivity index (χ1v) is 9.61. The van der Waals surface area contributed by atoms with Crippen molar-refractivity contribution in [3.63, 3.8) is 0 Å². The molecular formula is C17H32BrClN2O6. The summed E-state index contributed by atoms with van der Waals surface area (Å²) in [7, 11) is 0. The normalized spacial score (nSPS) is 10.0. The third-order valence-electron chi connectivity index (χ3n) is 3.80. The fourth-order valence-corrected chi connectivity index (χ4v) is 2.15. The number of carbonyl (C=O) groups is 4. The van der Waals surface area contributed by atoms with Crippen LogP contribution in [-0.2, 0) is 14.4 Å². The van der Waals surface area contributed by atoms with Gasteiger partial charge in [-0.1, -0.05) is 55.5 Å². The summed E-state index contributed by atoms with van der Waals surface area (Å²) in [6.45, 7) is 3.72. The molecule has 0 aromatic rings. The number of hydrogen-bond acceptors (Lipinski definition) is 4. The molecule has 3 amide bonds. The van der Waals surface area contributed by atoms with Crippen molar-refractivity contribution in [1.29, 1.82) is 0 Å². The van der Waals surface area contributed by atoms with Crippen molar-refractivity contribution in [2.24, 2.45) is 5.73 Å². The van der Waals surface area contributed by atoms with Gasteiger partial charge in [-0.05, 0) is 25.7 Å². The lowest BCUT2D eigenvalue weighted by molar-refractivity contribution is -0.138. The number of hydrogen-bond donors (Lipinski definition) is 4. The molecule has 0 fully saturated rings. The number of rotatable bonds is 12. The topological polar surface area (TPSA) is 147 Å². The molecule has 8 nitrogen and oxygen atoms in total. The standard InChI is InChI=1S/C10H18O4.C7H13BrN2O2.ClH/c11-9(12)7-5-3-1-2-4-6-8-10(13)14;1-3-7(8,4-2)5(11)10-6(9)12;/h1-8H2,(H,11,12)(H,13,14);3-4H2,1-2H3,(H3,9,10,11,12);1H. The summed E-state index contributed by atoms with van der Waals surface area (Å²) in [5.74, 6) is -1.85. The average Bonchev–Trinajstić information content (AvgIpc) is 2.55. The van der Waals surface area contributed by atoms with E-state index < -0.39 is 22.3 Å². The Bertz CT molecular complexity index is 439. The Morgan fingerprint density at radius 1 is 0.852 bits per heavy atom. The van der Waals surface area contributed by atoms with E-state index in [0.717, 1.165) is 38.5 Å². The predicted molar refractivity (Wildman–Crippen MR) is 109 cm³/mol. The zero-order valence-electron chi connectivity index (χ0n) is 16.0. The molecule has 0 unspecified atom stereocenters. The number of carbonyl (C=O) groups excluding carboxylic acids is 2. The average molecular weight is 476 g/mol. The first-order valence-electron chi connectivity index (χ1n) is 8.82. The molecule has 0 aliphatic carbocycles. The number of nitrogens with two attached hydrogens (primary N) is 1. The smallest absolute Gasteiger partial charge is 0.318 e. The van der Waals surface area contributed by atoms with Crippen molar-refractivity contribution in [1.82, 2.24) is 5.32 Å². The number of imide groups is 1. The van der Waals surface area contributed by atoms with Gasteiger partial charge in [0.25, 0.3) is 0 Å². The van der Waals surface area contributed by atoms with E-state index in [-0.39, 0.29) is 31.2 Å². The number of nitrogens with one attached hydrogen (secondary N) is 1. The van der Waals surface area contributed by atoms with Crippen LogP contribution in [0, 0.1) is 0 Å². The third-order valence-corrected chi connectivity index (χ3v) is 5.28. The number of carboxylic acids is 2. The molecule has 0 heterocycles. The van der Waals surface area contributed by atoms with Gasteiger partial charge in [-0.2, -0.15) is 0 Å². The maximum Gasteiger partial charge on any atom is 0.318 e. The van der Waals surface area contributed by atoms with E-state index in [1.807, 2.05) is 19.2 Å². The van der Waals surface area contributed by atoms with Gasteiger partial charge in [0.15, 0.2) is 0 Å². The van der Waals surface area contributed by atoms with E-state index in [1.54, 1.807) is 0 Å². The van der Waals surface area contributed by atoms with E-state index >= 15 is 0 Å². The maximum atomic E-state index is 11.3. The summed E-state index contributed by atoms with van der Waals surface area (Å²) in [6, 6.07) is -0.814. The molecule has 0 saturated heterocycles. The van der Waals surface area contributed by atoms with Gasteiger partial charge < -0.3 is 15.9 Å². The Kier molecular flexibility index (Phi) is 20.3.